The summed E-state index contributed by atoms with van der Waals surface area (Å²) in [6.07, 6.45) is -1.69. The fourth-order valence-corrected chi connectivity index (χ4v) is 4.03. The molecule has 2 amide bonds. The van der Waals surface area contributed by atoms with Crippen LogP contribution in [0, 0.1) is 11.3 Å². The van der Waals surface area contributed by atoms with E-state index in [-0.39, 0.29) is 18.5 Å². The van der Waals surface area contributed by atoms with E-state index in [9.17, 15) is 33.5 Å². The van der Waals surface area contributed by atoms with Gasteiger partial charge < -0.3 is 25.3 Å². The molecule has 3 rings (SSSR count). The molecule has 0 aliphatic rings. The van der Waals surface area contributed by atoms with E-state index >= 15 is 0 Å². The van der Waals surface area contributed by atoms with E-state index in [1.54, 1.807) is 60.7 Å². The fourth-order valence-electron chi connectivity index (χ4n) is 3.62. The minimum atomic E-state index is -3.69. The Bertz CT molecular complexity index is 1370. The molecule has 1 aromatic heterocycles. The van der Waals surface area contributed by atoms with Gasteiger partial charge in [0.1, 0.15) is 18.5 Å². The third kappa shape index (κ3) is 8.13. The Morgan fingerprint density at radius 1 is 0.974 bits per heavy atom. The number of nitrogens with zero attached hydrogens (tertiary/aromatic N) is 2. The first-order valence-corrected chi connectivity index (χ1v) is 13.3. The number of nitriles is 1. The number of carbonyl (C=O) groups is 2. The minimum Gasteiger partial charge on any atom is -0.431 e. The second-order valence-electron chi connectivity index (χ2n) is 8.47. The zero-order valence-electron chi connectivity index (χ0n) is 20.3. The van der Waals surface area contributed by atoms with Gasteiger partial charge >= 0.3 is 6.01 Å². The quantitative estimate of drug-likeness (QED) is 0.221. The van der Waals surface area contributed by atoms with Crippen LogP contribution in [0.25, 0.3) is 0 Å². The van der Waals surface area contributed by atoms with Crippen molar-refractivity contribution >= 4 is 27.9 Å². The van der Waals surface area contributed by atoms with E-state index in [4.69, 9.17) is 4.42 Å². The second-order valence-corrected chi connectivity index (χ2v) is 10.2. The Balaban J connectivity index is 1.81. The van der Waals surface area contributed by atoms with Crippen molar-refractivity contribution in [3.05, 3.63) is 83.7 Å². The number of aliphatic hydroxyl groups is 2. The van der Waals surface area contributed by atoms with Gasteiger partial charge in [-0.15, -0.1) is 0 Å². The number of benzene rings is 2. The summed E-state index contributed by atoms with van der Waals surface area (Å²) < 4.78 is 29.7. The zero-order chi connectivity index (χ0) is 27.7. The molecule has 38 heavy (non-hydrogen) atoms. The molecule has 0 aliphatic carbocycles. The number of hydrogen-bond donors (Lipinski definition) is 5. The summed E-state index contributed by atoms with van der Waals surface area (Å²) in [7, 11) is -3.69. The van der Waals surface area contributed by atoms with Crippen LogP contribution < -0.4 is 15.4 Å². The lowest BCUT2D eigenvalue weighted by Crippen LogP contribution is -2.56. The normalized spacial score (nSPS) is 14.4. The highest BCUT2D eigenvalue weighted by atomic mass is 32.2. The molecule has 3 aromatic rings. The summed E-state index contributed by atoms with van der Waals surface area (Å²) in [4.78, 5) is 29.3. The van der Waals surface area contributed by atoms with Crippen molar-refractivity contribution in [3.8, 4) is 6.07 Å². The summed E-state index contributed by atoms with van der Waals surface area (Å²) in [5, 5.41) is 36.5. The second kappa shape index (κ2) is 12.8. The lowest BCUT2D eigenvalue weighted by Gasteiger charge is -2.32. The topological polar surface area (TPSA) is 195 Å². The van der Waals surface area contributed by atoms with E-state index in [2.05, 4.69) is 15.6 Å². The highest BCUT2D eigenvalue weighted by Gasteiger charge is 2.35. The van der Waals surface area contributed by atoms with Gasteiger partial charge in [0.25, 0.3) is 11.8 Å². The number of rotatable bonds is 12. The molecule has 200 valence electrons. The van der Waals surface area contributed by atoms with Gasteiger partial charge in [0.05, 0.1) is 30.8 Å². The van der Waals surface area contributed by atoms with E-state index in [1.165, 1.54) is 0 Å². The highest BCUT2D eigenvalue weighted by molar-refractivity contribution is 7.91. The first-order chi connectivity index (χ1) is 18.1. The molecule has 4 atom stereocenters. The molecule has 5 N–H and O–H groups in total. The van der Waals surface area contributed by atoms with E-state index in [0.29, 0.717) is 11.1 Å². The van der Waals surface area contributed by atoms with Crippen molar-refractivity contribution in [2.24, 2.45) is 0 Å². The predicted molar refractivity (Wildman–Crippen MR) is 136 cm³/mol. The monoisotopic (exact) mass is 541 g/mol. The molecule has 0 radical (unpaired) electrons. The number of carbonyl (C=O) groups excluding carboxylic acids is 2. The van der Waals surface area contributed by atoms with Crippen molar-refractivity contribution in [2.45, 2.75) is 37.1 Å². The van der Waals surface area contributed by atoms with Gasteiger partial charge in [0.2, 0.25) is 10.0 Å². The minimum absolute atomic E-state index is 0.0724. The molecule has 1 heterocycles. The average molecular weight is 542 g/mol. The Labute approximate surface area is 219 Å². The van der Waals surface area contributed by atoms with Crippen LogP contribution in [-0.4, -0.2) is 66.0 Å². The molecule has 0 unspecified atom stereocenters. The Hall–Kier alpha value is -4.25. The third-order valence-electron chi connectivity index (χ3n) is 5.46. The molecule has 0 fully saturated rings. The zero-order valence-corrected chi connectivity index (χ0v) is 21.1. The molecule has 0 aliphatic heterocycles. The first kappa shape index (κ1) is 28.3. The highest BCUT2D eigenvalue weighted by Crippen LogP contribution is 2.15. The first-order valence-electron chi connectivity index (χ1n) is 11.4. The molecule has 0 saturated carbocycles. The number of sulfonamides is 1. The van der Waals surface area contributed by atoms with Crippen LogP contribution in [0.1, 0.15) is 32.8 Å². The number of nitrogens with one attached hydrogen (secondary N) is 3. The molecule has 2 aromatic carbocycles. The fraction of sp³-hybridized carbons (Fsp3) is 0.280. The summed E-state index contributed by atoms with van der Waals surface area (Å²) in [6.45, 7) is 0. The molecule has 12 nitrogen and oxygen atoms in total. The maximum absolute atomic E-state index is 12.9. The number of aliphatic hydroxyl groups excluding tert-OH is 2. The number of amides is 2. The summed E-state index contributed by atoms with van der Waals surface area (Å²) >= 11 is 0. The number of aromatic nitrogens is 1. The molecule has 0 spiro atoms. The number of hydrogen-bond acceptors (Lipinski definition) is 9. The Kier molecular flexibility index (Phi) is 9.55. The van der Waals surface area contributed by atoms with Gasteiger partial charge in [0, 0.05) is 5.56 Å². The third-order valence-corrected chi connectivity index (χ3v) is 6.01. The van der Waals surface area contributed by atoms with Crippen molar-refractivity contribution < 1.29 is 32.6 Å². The predicted octanol–water partition coefficient (Wildman–Crippen LogP) is 0.821. The van der Waals surface area contributed by atoms with Gasteiger partial charge in [-0.2, -0.15) is 10.2 Å². The van der Waals surface area contributed by atoms with Crippen LogP contribution in [0.4, 0.5) is 6.01 Å². The maximum Gasteiger partial charge on any atom is 0.309 e. The Morgan fingerprint density at radius 2 is 1.55 bits per heavy atom. The molecule has 13 heteroatoms. The van der Waals surface area contributed by atoms with Gasteiger partial charge in [0.15, 0.2) is 5.69 Å². The SMILES string of the molecule is CS(=O)(=O)Nc1nc(C(=O)N[C@@H](Cc2ccccc2)[C@@H](O)[C@H](O)[C@@H](CC#N)NC(=O)c2ccccc2)co1. The largest absolute Gasteiger partial charge is 0.431 e. The molecular formula is C25H27N5O7S. The maximum atomic E-state index is 12.9. The van der Waals surface area contributed by atoms with Crippen LogP contribution in [0.5, 0.6) is 0 Å². The standard InChI is InChI=1S/C25H27N5O7S/c1-38(35,36)30-25-29-20(15-37-25)24(34)28-19(14-16-8-4-2-5-9-16)22(32)21(31)18(12-13-26)27-23(33)17-10-6-3-7-11-17/h2-11,15,18-19,21-22,31-32H,12,14H2,1H3,(H,27,33)(H,28,34)(H,29,30)/t18-,19+,21-,22-/m1/s1. The average Bonchev–Trinajstić information content (AvgIpc) is 3.35. The van der Waals surface area contributed by atoms with Crippen molar-refractivity contribution in [2.75, 3.05) is 11.0 Å². The summed E-state index contributed by atoms with van der Waals surface area (Å²) in [6, 6.07) is 16.2. The van der Waals surface area contributed by atoms with Crippen LogP contribution in [0.2, 0.25) is 0 Å². The van der Waals surface area contributed by atoms with Crippen molar-refractivity contribution in [3.63, 3.8) is 0 Å². The molecule has 0 bridgehead atoms. The summed E-state index contributed by atoms with van der Waals surface area (Å²) in [5.74, 6) is -1.36. The van der Waals surface area contributed by atoms with Gasteiger partial charge in [-0.3, -0.25) is 9.59 Å². The Morgan fingerprint density at radius 3 is 2.16 bits per heavy atom. The van der Waals surface area contributed by atoms with Crippen LogP contribution in [0.15, 0.2) is 71.3 Å². The lowest BCUT2D eigenvalue weighted by atomic mass is 9.92. The van der Waals surface area contributed by atoms with Crippen LogP contribution >= 0.6 is 0 Å². The number of oxazole rings is 1. The lowest BCUT2D eigenvalue weighted by molar-refractivity contribution is -0.0212. The van der Waals surface area contributed by atoms with Crippen LogP contribution in [0.3, 0.4) is 0 Å². The van der Waals surface area contributed by atoms with Gasteiger partial charge in [-0.1, -0.05) is 48.5 Å². The van der Waals surface area contributed by atoms with E-state index in [0.717, 1.165) is 12.5 Å². The van der Waals surface area contributed by atoms with E-state index < -0.39 is 52.1 Å². The molecular weight excluding hydrogens is 514 g/mol. The molecule has 0 saturated heterocycles. The van der Waals surface area contributed by atoms with Gasteiger partial charge in [-0.25, -0.2) is 13.1 Å². The summed E-state index contributed by atoms with van der Waals surface area (Å²) in [5.41, 5.74) is 0.742. The van der Waals surface area contributed by atoms with Crippen molar-refractivity contribution in [1.82, 2.24) is 15.6 Å². The van der Waals surface area contributed by atoms with Crippen molar-refractivity contribution in [1.29, 1.82) is 5.26 Å². The van der Waals surface area contributed by atoms with Gasteiger partial charge in [-0.05, 0) is 24.1 Å². The van der Waals surface area contributed by atoms with E-state index in [1.807, 2.05) is 10.8 Å². The smallest absolute Gasteiger partial charge is 0.309 e. The van der Waals surface area contributed by atoms with Crippen LogP contribution in [-0.2, 0) is 16.4 Å². The number of anilines is 1.